The normalized spacial score (nSPS) is 14.6. The van der Waals surface area contributed by atoms with Gasteiger partial charge in [-0.3, -0.25) is 4.79 Å². The first-order valence-electron chi connectivity index (χ1n) is 10.7. The minimum Gasteiger partial charge on any atom is -0.497 e. The molecular formula is C24H32N2O4. The van der Waals surface area contributed by atoms with Crippen LogP contribution in [0, 0.1) is 12.8 Å². The number of ether oxygens (including phenoxy) is 2. The maximum absolute atomic E-state index is 13.1. The predicted molar refractivity (Wildman–Crippen MR) is 116 cm³/mol. The number of carbonyl (C=O) groups excluding carboxylic acids is 2. The highest BCUT2D eigenvalue weighted by Crippen LogP contribution is 2.26. The van der Waals surface area contributed by atoms with Gasteiger partial charge in [-0.1, -0.05) is 19.1 Å². The molecule has 1 aromatic heterocycles. The van der Waals surface area contributed by atoms with E-state index in [1.165, 1.54) is 12.7 Å². The topological polar surface area (TPSA) is 71.6 Å². The standard InChI is InChI=1S/C24H32N2O4/c1-5-20-21(24(28)30-4)16(2)22(25-20)23(27)26-14-12-18(13-15-26)7-6-17-8-10-19(29-3)11-9-17/h8-11,18,25H,5-7,12-15H2,1-4H3. The van der Waals surface area contributed by atoms with E-state index >= 15 is 0 Å². The summed E-state index contributed by atoms with van der Waals surface area (Å²) >= 11 is 0. The van der Waals surface area contributed by atoms with Crippen LogP contribution < -0.4 is 4.74 Å². The number of carbonyl (C=O) groups is 2. The van der Waals surface area contributed by atoms with E-state index in [1.807, 2.05) is 30.9 Å². The van der Waals surface area contributed by atoms with Crippen LogP contribution >= 0.6 is 0 Å². The summed E-state index contributed by atoms with van der Waals surface area (Å²) in [7, 11) is 3.05. The summed E-state index contributed by atoms with van der Waals surface area (Å²) in [5.74, 6) is 1.09. The molecule has 30 heavy (non-hydrogen) atoms. The molecule has 1 aliphatic rings. The Morgan fingerprint density at radius 3 is 2.37 bits per heavy atom. The second-order valence-electron chi connectivity index (χ2n) is 7.95. The SMILES string of the molecule is CCc1[nH]c(C(=O)N2CCC(CCc3ccc(OC)cc3)CC2)c(C)c1C(=O)OC. The molecule has 0 spiro atoms. The summed E-state index contributed by atoms with van der Waals surface area (Å²) < 4.78 is 10.1. The molecule has 0 bridgehead atoms. The molecule has 6 heteroatoms. The van der Waals surface area contributed by atoms with Crippen molar-refractivity contribution >= 4 is 11.9 Å². The Hall–Kier alpha value is -2.76. The number of methoxy groups -OCH3 is 2. The number of H-pyrrole nitrogens is 1. The zero-order chi connectivity index (χ0) is 21.7. The molecule has 162 valence electrons. The van der Waals surface area contributed by atoms with E-state index in [0.717, 1.165) is 50.2 Å². The van der Waals surface area contributed by atoms with Crippen LogP contribution in [-0.4, -0.2) is 49.1 Å². The molecule has 2 aromatic rings. The lowest BCUT2D eigenvalue weighted by Crippen LogP contribution is -2.39. The number of amides is 1. The molecule has 1 N–H and O–H groups in total. The van der Waals surface area contributed by atoms with Crippen LogP contribution in [0.4, 0.5) is 0 Å². The Bertz CT molecular complexity index is 877. The number of piperidine rings is 1. The molecular weight excluding hydrogens is 380 g/mol. The molecule has 2 heterocycles. The molecule has 0 radical (unpaired) electrons. The van der Waals surface area contributed by atoms with Gasteiger partial charge in [0.1, 0.15) is 11.4 Å². The monoisotopic (exact) mass is 412 g/mol. The van der Waals surface area contributed by atoms with Gasteiger partial charge in [-0.05, 0) is 68.2 Å². The second kappa shape index (κ2) is 9.83. The smallest absolute Gasteiger partial charge is 0.339 e. The van der Waals surface area contributed by atoms with Gasteiger partial charge >= 0.3 is 5.97 Å². The van der Waals surface area contributed by atoms with E-state index in [2.05, 4.69) is 17.1 Å². The molecule has 0 unspecified atom stereocenters. The summed E-state index contributed by atoms with van der Waals surface area (Å²) in [6, 6.07) is 8.25. The predicted octanol–water partition coefficient (Wildman–Crippen LogP) is 4.17. The van der Waals surface area contributed by atoms with Gasteiger partial charge in [0.05, 0.1) is 19.8 Å². The number of benzene rings is 1. The molecule has 6 nitrogen and oxygen atoms in total. The average molecular weight is 413 g/mol. The summed E-state index contributed by atoms with van der Waals surface area (Å²) in [4.78, 5) is 30.3. The average Bonchev–Trinajstić information content (AvgIpc) is 3.13. The summed E-state index contributed by atoms with van der Waals surface area (Å²) in [6.45, 7) is 5.27. The van der Waals surface area contributed by atoms with Crippen LogP contribution in [0.25, 0.3) is 0 Å². The van der Waals surface area contributed by atoms with Crippen LogP contribution in [0.1, 0.15) is 63.9 Å². The van der Waals surface area contributed by atoms with E-state index < -0.39 is 5.97 Å². The number of likely N-dealkylation sites (tertiary alicyclic amines) is 1. The molecule has 1 saturated heterocycles. The lowest BCUT2D eigenvalue weighted by molar-refractivity contribution is 0.0599. The number of aromatic nitrogens is 1. The quantitative estimate of drug-likeness (QED) is 0.693. The second-order valence-corrected chi connectivity index (χ2v) is 7.95. The Balaban J connectivity index is 1.57. The van der Waals surface area contributed by atoms with Crippen molar-refractivity contribution in [2.75, 3.05) is 27.3 Å². The van der Waals surface area contributed by atoms with Crippen LogP contribution in [0.15, 0.2) is 24.3 Å². The largest absolute Gasteiger partial charge is 0.497 e. The van der Waals surface area contributed by atoms with E-state index in [-0.39, 0.29) is 5.91 Å². The first-order chi connectivity index (χ1) is 14.5. The van der Waals surface area contributed by atoms with E-state index in [1.54, 1.807) is 7.11 Å². The van der Waals surface area contributed by atoms with Gasteiger partial charge in [0.15, 0.2) is 0 Å². The number of nitrogens with one attached hydrogen (secondary N) is 1. The fraction of sp³-hybridized carbons (Fsp3) is 0.500. The first-order valence-corrected chi connectivity index (χ1v) is 10.7. The zero-order valence-electron chi connectivity index (χ0n) is 18.4. The molecule has 0 saturated carbocycles. The van der Waals surface area contributed by atoms with Crippen molar-refractivity contribution < 1.29 is 19.1 Å². The van der Waals surface area contributed by atoms with Gasteiger partial charge < -0.3 is 19.4 Å². The summed E-state index contributed by atoms with van der Waals surface area (Å²) in [6.07, 6.45) is 4.83. The molecule has 0 atom stereocenters. The summed E-state index contributed by atoms with van der Waals surface area (Å²) in [5, 5.41) is 0. The first kappa shape index (κ1) is 21.9. The van der Waals surface area contributed by atoms with Crippen molar-refractivity contribution in [2.24, 2.45) is 5.92 Å². The number of nitrogens with zero attached hydrogens (tertiary/aromatic N) is 1. The maximum atomic E-state index is 13.1. The van der Waals surface area contributed by atoms with E-state index in [9.17, 15) is 9.59 Å². The van der Waals surface area contributed by atoms with Crippen molar-refractivity contribution in [3.05, 3.63) is 52.3 Å². The van der Waals surface area contributed by atoms with Crippen molar-refractivity contribution in [3.63, 3.8) is 0 Å². The molecule has 0 aliphatic carbocycles. The number of esters is 1. The lowest BCUT2D eigenvalue weighted by Gasteiger charge is -2.32. The van der Waals surface area contributed by atoms with Crippen LogP contribution in [-0.2, 0) is 17.6 Å². The highest BCUT2D eigenvalue weighted by Gasteiger charge is 2.29. The number of hydrogen-bond acceptors (Lipinski definition) is 4. The molecule has 1 fully saturated rings. The van der Waals surface area contributed by atoms with E-state index in [0.29, 0.717) is 29.2 Å². The van der Waals surface area contributed by atoms with Gasteiger partial charge in [-0.2, -0.15) is 0 Å². The number of aromatic amines is 1. The van der Waals surface area contributed by atoms with Crippen molar-refractivity contribution in [3.8, 4) is 5.75 Å². The minimum atomic E-state index is -0.392. The van der Waals surface area contributed by atoms with E-state index in [4.69, 9.17) is 9.47 Å². The van der Waals surface area contributed by atoms with Crippen molar-refractivity contribution in [1.29, 1.82) is 0 Å². The fourth-order valence-corrected chi connectivity index (χ4v) is 4.26. The highest BCUT2D eigenvalue weighted by atomic mass is 16.5. The third kappa shape index (κ3) is 4.69. The molecule has 3 rings (SSSR count). The number of aryl methyl sites for hydroxylation is 2. The van der Waals surface area contributed by atoms with Crippen LogP contribution in [0.2, 0.25) is 0 Å². The Morgan fingerprint density at radius 2 is 1.80 bits per heavy atom. The Morgan fingerprint density at radius 1 is 1.13 bits per heavy atom. The number of rotatable bonds is 7. The van der Waals surface area contributed by atoms with Gasteiger partial charge in [0, 0.05) is 18.8 Å². The highest BCUT2D eigenvalue weighted by molar-refractivity contribution is 6.00. The third-order valence-corrected chi connectivity index (χ3v) is 6.19. The maximum Gasteiger partial charge on any atom is 0.339 e. The Kier molecular flexibility index (Phi) is 7.19. The molecule has 1 aliphatic heterocycles. The van der Waals surface area contributed by atoms with Gasteiger partial charge in [-0.15, -0.1) is 0 Å². The number of hydrogen-bond donors (Lipinski definition) is 1. The van der Waals surface area contributed by atoms with Crippen LogP contribution in [0.3, 0.4) is 0 Å². The van der Waals surface area contributed by atoms with Crippen molar-refractivity contribution in [2.45, 2.75) is 46.0 Å². The molecule has 1 amide bonds. The summed E-state index contributed by atoms with van der Waals surface area (Å²) in [5.41, 5.74) is 3.78. The fourth-order valence-electron chi connectivity index (χ4n) is 4.26. The Labute approximate surface area is 178 Å². The lowest BCUT2D eigenvalue weighted by atomic mass is 9.90. The minimum absolute atomic E-state index is 0.0223. The van der Waals surface area contributed by atoms with Gasteiger partial charge in [-0.25, -0.2) is 4.79 Å². The zero-order valence-corrected chi connectivity index (χ0v) is 18.4. The third-order valence-electron chi connectivity index (χ3n) is 6.19. The van der Waals surface area contributed by atoms with Gasteiger partial charge in [0.25, 0.3) is 5.91 Å². The molecule has 1 aromatic carbocycles. The van der Waals surface area contributed by atoms with Crippen molar-refractivity contribution in [1.82, 2.24) is 9.88 Å². The van der Waals surface area contributed by atoms with Gasteiger partial charge in [0.2, 0.25) is 0 Å². The van der Waals surface area contributed by atoms with Crippen LogP contribution in [0.5, 0.6) is 5.75 Å².